The minimum atomic E-state index is -1.10. The summed E-state index contributed by atoms with van der Waals surface area (Å²) in [6, 6.07) is 3.81. The zero-order valence-electron chi connectivity index (χ0n) is 12.9. The van der Waals surface area contributed by atoms with Crippen LogP contribution >= 0.6 is 0 Å². The average Bonchev–Trinajstić information content (AvgIpc) is 3.18. The van der Waals surface area contributed by atoms with Crippen molar-refractivity contribution >= 4 is 17.6 Å². The first-order valence-electron chi connectivity index (χ1n) is 7.46. The van der Waals surface area contributed by atoms with E-state index in [1.807, 2.05) is 0 Å². The molecule has 0 bridgehead atoms. The number of nitrogens with zero attached hydrogens (tertiary/aromatic N) is 2. The number of carbonyl (C=O) groups is 2. The van der Waals surface area contributed by atoms with Crippen molar-refractivity contribution in [2.75, 3.05) is 11.9 Å². The molecule has 1 aliphatic heterocycles. The molecule has 0 unspecified atom stereocenters. The fourth-order valence-corrected chi connectivity index (χ4v) is 2.71. The van der Waals surface area contributed by atoms with Crippen LogP contribution in [-0.4, -0.2) is 34.5 Å². The molecule has 126 valence electrons. The Morgan fingerprint density at radius 3 is 2.75 bits per heavy atom. The largest absolute Gasteiger partial charge is 0.360 e. The zero-order chi connectivity index (χ0) is 17.3. The van der Waals surface area contributed by atoms with Crippen molar-refractivity contribution < 1.29 is 22.9 Å². The number of carbonyl (C=O) groups excluding carboxylic acids is 2. The van der Waals surface area contributed by atoms with Gasteiger partial charge in [0.25, 0.3) is 5.91 Å². The van der Waals surface area contributed by atoms with Gasteiger partial charge >= 0.3 is 0 Å². The Hall–Kier alpha value is -2.77. The third-order valence-electron chi connectivity index (χ3n) is 3.86. The monoisotopic (exact) mass is 335 g/mol. The fourth-order valence-electron chi connectivity index (χ4n) is 2.71. The summed E-state index contributed by atoms with van der Waals surface area (Å²) in [7, 11) is 0. The lowest BCUT2D eigenvalue weighted by molar-refractivity contribution is -0.119. The van der Waals surface area contributed by atoms with Crippen molar-refractivity contribution in [2.45, 2.75) is 25.8 Å². The number of aryl methyl sites for hydroxylation is 1. The number of aromatic nitrogens is 1. The van der Waals surface area contributed by atoms with Crippen LogP contribution < -0.4 is 5.32 Å². The van der Waals surface area contributed by atoms with E-state index in [-0.39, 0.29) is 11.4 Å². The fraction of sp³-hybridized carbons (Fsp3) is 0.312. The predicted molar refractivity (Wildman–Crippen MR) is 80.3 cm³/mol. The molecule has 6 nitrogen and oxygen atoms in total. The summed E-state index contributed by atoms with van der Waals surface area (Å²) in [4.78, 5) is 26.2. The molecule has 1 aromatic carbocycles. The van der Waals surface area contributed by atoms with Crippen LogP contribution in [-0.2, 0) is 4.79 Å². The maximum atomic E-state index is 13.3. The summed E-state index contributed by atoms with van der Waals surface area (Å²) >= 11 is 0. The highest BCUT2D eigenvalue weighted by Gasteiger charge is 2.35. The molecule has 1 aliphatic rings. The molecule has 1 N–H and O–H groups in total. The summed E-state index contributed by atoms with van der Waals surface area (Å²) in [6.07, 6.45) is 1.13. The molecular formula is C16H15F2N3O3. The van der Waals surface area contributed by atoms with Gasteiger partial charge in [-0.2, -0.15) is 0 Å². The highest BCUT2D eigenvalue weighted by Crippen LogP contribution is 2.22. The SMILES string of the molecule is Cc1cc(NC(=O)[C@@H]2CCCN2C(=O)c2ccc(F)c(F)c2)no1. The lowest BCUT2D eigenvalue weighted by Crippen LogP contribution is -2.43. The number of halogens is 2. The van der Waals surface area contributed by atoms with Crippen LogP contribution in [0.2, 0.25) is 0 Å². The highest BCUT2D eigenvalue weighted by molar-refractivity contribution is 6.01. The number of hydrogen-bond donors (Lipinski definition) is 1. The molecule has 1 aromatic heterocycles. The van der Waals surface area contributed by atoms with Gasteiger partial charge in [0.1, 0.15) is 11.8 Å². The number of amides is 2. The minimum absolute atomic E-state index is 0.00544. The molecule has 0 saturated carbocycles. The van der Waals surface area contributed by atoms with Gasteiger partial charge in [-0.1, -0.05) is 5.16 Å². The van der Waals surface area contributed by atoms with Gasteiger partial charge in [-0.15, -0.1) is 0 Å². The van der Waals surface area contributed by atoms with E-state index < -0.39 is 29.5 Å². The van der Waals surface area contributed by atoms with Gasteiger partial charge in [-0.05, 0) is 38.0 Å². The summed E-state index contributed by atoms with van der Waals surface area (Å²) in [6.45, 7) is 2.06. The van der Waals surface area contributed by atoms with E-state index in [4.69, 9.17) is 4.52 Å². The van der Waals surface area contributed by atoms with Gasteiger partial charge in [0.05, 0.1) is 0 Å². The van der Waals surface area contributed by atoms with E-state index >= 15 is 0 Å². The normalized spacial score (nSPS) is 17.1. The molecule has 1 atom stereocenters. The van der Waals surface area contributed by atoms with Gasteiger partial charge in [0.2, 0.25) is 5.91 Å². The molecule has 0 spiro atoms. The van der Waals surface area contributed by atoms with Crippen molar-refractivity contribution in [3.8, 4) is 0 Å². The third kappa shape index (κ3) is 3.12. The van der Waals surface area contributed by atoms with Crippen LogP contribution in [0.1, 0.15) is 29.0 Å². The molecule has 2 heterocycles. The van der Waals surface area contributed by atoms with Crippen LogP contribution in [0, 0.1) is 18.6 Å². The average molecular weight is 335 g/mol. The number of hydrogen-bond acceptors (Lipinski definition) is 4. The Labute approximate surface area is 136 Å². The predicted octanol–water partition coefficient (Wildman–Crippen LogP) is 2.50. The van der Waals surface area contributed by atoms with Crippen molar-refractivity contribution in [1.82, 2.24) is 10.1 Å². The molecule has 2 amide bonds. The van der Waals surface area contributed by atoms with Gasteiger partial charge in [-0.3, -0.25) is 9.59 Å². The summed E-state index contributed by atoms with van der Waals surface area (Å²) in [5, 5.41) is 6.26. The lowest BCUT2D eigenvalue weighted by atomic mass is 10.1. The van der Waals surface area contributed by atoms with Crippen LogP contribution in [0.25, 0.3) is 0 Å². The standard InChI is InChI=1S/C16H15F2N3O3/c1-9-7-14(20-24-9)19-15(22)13-3-2-6-21(13)16(23)10-4-5-11(17)12(18)8-10/h4-5,7-8,13H,2-3,6H2,1H3,(H,19,20,22)/t13-/m0/s1. The van der Waals surface area contributed by atoms with Crippen molar-refractivity contribution in [3.63, 3.8) is 0 Å². The van der Waals surface area contributed by atoms with E-state index in [2.05, 4.69) is 10.5 Å². The molecular weight excluding hydrogens is 320 g/mol. The van der Waals surface area contributed by atoms with Gasteiger partial charge in [-0.25, -0.2) is 8.78 Å². The van der Waals surface area contributed by atoms with Crippen LogP contribution in [0.4, 0.5) is 14.6 Å². The third-order valence-corrected chi connectivity index (χ3v) is 3.86. The van der Waals surface area contributed by atoms with Crippen molar-refractivity contribution in [1.29, 1.82) is 0 Å². The maximum Gasteiger partial charge on any atom is 0.254 e. The second-order valence-electron chi connectivity index (χ2n) is 5.60. The van der Waals surface area contributed by atoms with E-state index in [1.54, 1.807) is 13.0 Å². The van der Waals surface area contributed by atoms with E-state index in [0.717, 1.165) is 12.1 Å². The quantitative estimate of drug-likeness (QED) is 0.935. The maximum absolute atomic E-state index is 13.3. The molecule has 1 saturated heterocycles. The molecule has 1 fully saturated rings. The Balaban J connectivity index is 1.75. The van der Waals surface area contributed by atoms with Crippen molar-refractivity contribution in [3.05, 3.63) is 47.2 Å². The number of likely N-dealkylation sites (tertiary alicyclic amines) is 1. The Morgan fingerprint density at radius 2 is 2.08 bits per heavy atom. The molecule has 8 heteroatoms. The Morgan fingerprint density at radius 1 is 1.29 bits per heavy atom. The number of rotatable bonds is 3. The lowest BCUT2D eigenvalue weighted by Gasteiger charge is -2.23. The van der Waals surface area contributed by atoms with E-state index in [0.29, 0.717) is 25.1 Å². The van der Waals surface area contributed by atoms with Gasteiger partial charge in [0, 0.05) is 18.2 Å². The van der Waals surface area contributed by atoms with Gasteiger partial charge in [0.15, 0.2) is 17.5 Å². The van der Waals surface area contributed by atoms with Crippen LogP contribution in [0.3, 0.4) is 0 Å². The van der Waals surface area contributed by atoms with Crippen LogP contribution in [0.5, 0.6) is 0 Å². The van der Waals surface area contributed by atoms with Gasteiger partial charge < -0.3 is 14.7 Å². The van der Waals surface area contributed by atoms with Crippen LogP contribution in [0.15, 0.2) is 28.8 Å². The molecule has 0 radical (unpaired) electrons. The zero-order valence-corrected chi connectivity index (χ0v) is 12.9. The summed E-state index contributed by atoms with van der Waals surface area (Å²) in [5.41, 5.74) is 0.00544. The summed E-state index contributed by atoms with van der Waals surface area (Å²) in [5.74, 6) is -2.21. The van der Waals surface area contributed by atoms with E-state index in [1.165, 1.54) is 11.0 Å². The molecule has 24 heavy (non-hydrogen) atoms. The second-order valence-corrected chi connectivity index (χ2v) is 5.60. The topological polar surface area (TPSA) is 75.4 Å². The Kier molecular flexibility index (Phi) is 4.28. The highest BCUT2D eigenvalue weighted by atomic mass is 19.2. The number of anilines is 1. The van der Waals surface area contributed by atoms with E-state index in [9.17, 15) is 18.4 Å². The molecule has 3 rings (SSSR count). The first kappa shape index (κ1) is 16.1. The van der Waals surface area contributed by atoms with Crippen molar-refractivity contribution in [2.24, 2.45) is 0 Å². The molecule has 0 aliphatic carbocycles. The summed E-state index contributed by atoms with van der Waals surface area (Å²) < 4.78 is 31.2. The second kappa shape index (κ2) is 6.38. The first-order valence-corrected chi connectivity index (χ1v) is 7.46. The first-order chi connectivity index (χ1) is 11.5. The minimum Gasteiger partial charge on any atom is -0.360 e. The number of nitrogens with one attached hydrogen (secondary N) is 1. The Bertz CT molecular complexity index is 791. The smallest absolute Gasteiger partial charge is 0.254 e. The number of benzene rings is 1. The molecule has 2 aromatic rings.